The summed E-state index contributed by atoms with van der Waals surface area (Å²) in [5.74, 6) is -1.87. The molecule has 0 aromatic heterocycles. The summed E-state index contributed by atoms with van der Waals surface area (Å²) in [5.41, 5.74) is -0.0399. The molecular weight excluding hydrogens is 490 g/mol. The van der Waals surface area contributed by atoms with Gasteiger partial charge in [0.25, 0.3) is 11.8 Å². The standard InChI is InChI=1S/C24H27N3O8S/c1-12(29)26-19-21(32)20(31)16(10-28)35-24(19)36-11-17(30)25-8-9-27-22(33)14-6-2-4-13-5-3-7-15(18(13)14)23(27)34/h2-7,16,19-21,24,28,31-32H,8-11H2,1H3,(H,25,30)(H,26,29)/t16-,19-,20-,21-,24+/m1/s1. The molecule has 2 aromatic carbocycles. The van der Waals surface area contributed by atoms with Crippen molar-refractivity contribution in [3.63, 3.8) is 0 Å². The van der Waals surface area contributed by atoms with Crippen LogP contribution >= 0.6 is 11.8 Å². The summed E-state index contributed by atoms with van der Waals surface area (Å²) < 4.78 is 5.58. The van der Waals surface area contributed by atoms with Crippen molar-refractivity contribution in [3.05, 3.63) is 47.5 Å². The quantitative estimate of drug-likeness (QED) is 0.283. The Morgan fingerprint density at radius 1 is 1.06 bits per heavy atom. The van der Waals surface area contributed by atoms with E-state index >= 15 is 0 Å². The maximum atomic E-state index is 12.9. The Balaban J connectivity index is 1.33. The Hall–Kier alpha value is -3.03. The molecule has 5 atom stereocenters. The molecule has 2 aliphatic heterocycles. The predicted molar refractivity (Wildman–Crippen MR) is 130 cm³/mol. The molecule has 0 bridgehead atoms. The normalized spacial score (nSPS) is 25.7. The van der Waals surface area contributed by atoms with Crippen LogP contribution in [0.5, 0.6) is 0 Å². The van der Waals surface area contributed by atoms with Crippen LogP contribution in [0.2, 0.25) is 0 Å². The van der Waals surface area contributed by atoms with E-state index in [0.717, 1.165) is 22.0 Å². The summed E-state index contributed by atoms with van der Waals surface area (Å²) >= 11 is 0.976. The smallest absolute Gasteiger partial charge is 0.261 e. The van der Waals surface area contributed by atoms with E-state index in [9.17, 15) is 34.5 Å². The fraction of sp³-hybridized carbons (Fsp3) is 0.417. The molecule has 0 unspecified atom stereocenters. The lowest BCUT2D eigenvalue weighted by molar-refractivity contribution is -0.173. The van der Waals surface area contributed by atoms with Crippen LogP contribution in [-0.2, 0) is 14.3 Å². The van der Waals surface area contributed by atoms with E-state index in [4.69, 9.17) is 4.74 Å². The second kappa shape index (κ2) is 10.9. The van der Waals surface area contributed by atoms with E-state index in [-0.39, 0.29) is 18.8 Å². The lowest BCUT2D eigenvalue weighted by Gasteiger charge is -2.42. The molecule has 4 rings (SSSR count). The topological polar surface area (TPSA) is 166 Å². The summed E-state index contributed by atoms with van der Waals surface area (Å²) in [6.07, 6.45) is -3.88. The summed E-state index contributed by atoms with van der Waals surface area (Å²) in [6, 6.07) is 9.53. The van der Waals surface area contributed by atoms with E-state index in [2.05, 4.69) is 10.6 Å². The highest BCUT2D eigenvalue weighted by atomic mass is 32.2. The third kappa shape index (κ3) is 5.08. The second-order valence-corrected chi connectivity index (χ2v) is 9.65. The van der Waals surface area contributed by atoms with Crippen molar-refractivity contribution < 1.29 is 39.2 Å². The lowest BCUT2D eigenvalue weighted by atomic mass is 9.94. The number of nitrogens with zero attached hydrogens (tertiary/aromatic N) is 1. The fourth-order valence-corrected chi connectivity index (χ4v) is 5.49. The monoisotopic (exact) mass is 517 g/mol. The largest absolute Gasteiger partial charge is 0.394 e. The molecule has 4 amide bonds. The minimum absolute atomic E-state index is 0.0231. The van der Waals surface area contributed by atoms with Crippen LogP contribution < -0.4 is 10.6 Å². The number of thioether (sulfide) groups is 1. The van der Waals surface area contributed by atoms with Gasteiger partial charge in [0.15, 0.2) is 0 Å². The molecule has 2 aromatic rings. The third-order valence-electron chi connectivity index (χ3n) is 6.14. The highest BCUT2D eigenvalue weighted by Gasteiger charge is 2.45. The van der Waals surface area contributed by atoms with Gasteiger partial charge in [-0.1, -0.05) is 24.3 Å². The number of rotatable bonds is 8. The van der Waals surface area contributed by atoms with Crippen LogP contribution in [0.25, 0.3) is 10.8 Å². The maximum Gasteiger partial charge on any atom is 0.261 e. The van der Waals surface area contributed by atoms with Crippen molar-refractivity contribution in [2.45, 2.75) is 36.7 Å². The first-order valence-corrected chi connectivity index (χ1v) is 12.4. The molecule has 36 heavy (non-hydrogen) atoms. The van der Waals surface area contributed by atoms with Gasteiger partial charge in [-0.15, -0.1) is 11.8 Å². The van der Waals surface area contributed by atoms with Gasteiger partial charge in [-0.3, -0.25) is 24.1 Å². The van der Waals surface area contributed by atoms with Crippen molar-refractivity contribution >= 4 is 46.2 Å². The summed E-state index contributed by atoms with van der Waals surface area (Å²) in [7, 11) is 0. The number of amides is 4. The first-order chi connectivity index (χ1) is 17.2. The SMILES string of the molecule is CC(=O)N[C@@H]1[C@@H](O)[C@H](O)[C@@H](CO)O[C@H]1SCC(=O)NCCN1C(=O)c2cccc3cccc(c23)C1=O. The minimum atomic E-state index is -1.41. The van der Waals surface area contributed by atoms with Crippen molar-refractivity contribution in [1.82, 2.24) is 15.5 Å². The Bertz CT molecular complexity index is 1140. The molecule has 11 nitrogen and oxygen atoms in total. The molecule has 0 aliphatic carbocycles. The molecular formula is C24H27N3O8S. The van der Waals surface area contributed by atoms with Crippen molar-refractivity contribution in [3.8, 4) is 0 Å². The number of carbonyl (C=O) groups is 4. The number of aliphatic hydroxyl groups excluding tert-OH is 3. The highest BCUT2D eigenvalue weighted by Crippen LogP contribution is 2.30. The van der Waals surface area contributed by atoms with Crippen LogP contribution in [-0.4, -0.2) is 99.1 Å². The molecule has 0 saturated carbocycles. The summed E-state index contributed by atoms with van der Waals surface area (Å²) in [4.78, 5) is 50.9. The van der Waals surface area contributed by atoms with Crippen molar-refractivity contribution in [1.29, 1.82) is 0 Å². The van der Waals surface area contributed by atoms with E-state index in [0.29, 0.717) is 16.5 Å². The first-order valence-electron chi connectivity index (χ1n) is 11.4. The summed E-state index contributed by atoms with van der Waals surface area (Å²) in [5, 5.41) is 36.4. The van der Waals surface area contributed by atoms with Gasteiger partial charge in [0, 0.05) is 36.5 Å². The van der Waals surface area contributed by atoms with Gasteiger partial charge in [0.1, 0.15) is 23.7 Å². The van der Waals surface area contributed by atoms with Gasteiger partial charge in [-0.25, -0.2) is 0 Å². The van der Waals surface area contributed by atoms with Crippen molar-refractivity contribution in [2.24, 2.45) is 0 Å². The van der Waals surface area contributed by atoms with Gasteiger partial charge < -0.3 is 30.7 Å². The fourth-order valence-electron chi connectivity index (χ4n) is 4.41. The average molecular weight is 518 g/mol. The molecule has 2 aliphatic rings. The Kier molecular flexibility index (Phi) is 7.91. The van der Waals surface area contributed by atoms with Crippen LogP contribution in [0.15, 0.2) is 36.4 Å². The third-order valence-corrected chi connectivity index (χ3v) is 7.30. The maximum absolute atomic E-state index is 12.9. The number of aliphatic hydroxyl groups is 3. The lowest BCUT2D eigenvalue weighted by Crippen LogP contribution is -2.63. The number of benzene rings is 2. The van der Waals surface area contributed by atoms with E-state index in [1.54, 1.807) is 24.3 Å². The zero-order valence-electron chi connectivity index (χ0n) is 19.4. The number of nitrogens with one attached hydrogen (secondary N) is 2. The van der Waals surface area contributed by atoms with E-state index in [1.807, 2.05) is 12.1 Å². The van der Waals surface area contributed by atoms with Gasteiger partial charge >= 0.3 is 0 Å². The highest BCUT2D eigenvalue weighted by molar-refractivity contribution is 8.00. The van der Waals surface area contributed by atoms with Gasteiger partial charge in [-0.05, 0) is 17.5 Å². The number of imide groups is 1. The number of hydrogen-bond acceptors (Lipinski definition) is 9. The number of carbonyl (C=O) groups excluding carboxylic acids is 4. The Morgan fingerprint density at radius 2 is 1.69 bits per heavy atom. The molecule has 1 saturated heterocycles. The van der Waals surface area contributed by atoms with Gasteiger partial charge in [0.2, 0.25) is 11.8 Å². The predicted octanol–water partition coefficient (Wildman–Crippen LogP) is -0.771. The molecule has 1 fully saturated rings. The van der Waals surface area contributed by atoms with Crippen molar-refractivity contribution in [2.75, 3.05) is 25.4 Å². The first kappa shape index (κ1) is 26.0. The molecule has 5 N–H and O–H groups in total. The second-order valence-electron chi connectivity index (χ2n) is 8.57. The van der Waals surface area contributed by atoms with Crippen LogP contribution in [0.3, 0.4) is 0 Å². The molecule has 0 spiro atoms. The van der Waals surface area contributed by atoms with Gasteiger partial charge in [0.05, 0.1) is 18.4 Å². The van der Waals surface area contributed by atoms with E-state index < -0.39 is 60.0 Å². The number of ether oxygens (including phenoxy) is 1. The molecule has 0 radical (unpaired) electrons. The van der Waals surface area contributed by atoms with Crippen LogP contribution in [0.1, 0.15) is 27.6 Å². The molecule has 12 heteroatoms. The van der Waals surface area contributed by atoms with Crippen LogP contribution in [0, 0.1) is 0 Å². The van der Waals surface area contributed by atoms with E-state index in [1.165, 1.54) is 6.92 Å². The molecule has 2 heterocycles. The minimum Gasteiger partial charge on any atom is -0.394 e. The van der Waals surface area contributed by atoms with Gasteiger partial charge in [-0.2, -0.15) is 0 Å². The number of hydrogen-bond donors (Lipinski definition) is 5. The average Bonchev–Trinajstić information content (AvgIpc) is 2.86. The molecule has 192 valence electrons. The Morgan fingerprint density at radius 3 is 2.28 bits per heavy atom. The zero-order chi connectivity index (χ0) is 26.0. The summed E-state index contributed by atoms with van der Waals surface area (Å²) in [6.45, 7) is 0.692. The zero-order valence-corrected chi connectivity index (χ0v) is 20.2. The van der Waals surface area contributed by atoms with Crippen LogP contribution in [0.4, 0.5) is 0 Å². The Labute approximate surface area is 210 Å².